The van der Waals surface area contributed by atoms with Gasteiger partial charge in [-0.2, -0.15) is 0 Å². The Morgan fingerprint density at radius 2 is 1.80 bits per heavy atom. The van der Waals surface area contributed by atoms with E-state index in [2.05, 4.69) is 0 Å². The molecule has 0 fully saturated rings. The summed E-state index contributed by atoms with van der Waals surface area (Å²) in [5, 5.41) is 0. The van der Waals surface area contributed by atoms with E-state index < -0.39 is 11.9 Å². The van der Waals surface area contributed by atoms with Gasteiger partial charge in [-0.3, -0.25) is 0 Å². The standard InChI is InChI=1S/C14H16N2O4/c1-3-19-13(17)10-9-7-5-6-8-16(9)12(11(10)15)14(18)20-4-2/h5-8H,3-4,15H2,1-2H3. The Morgan fingerprint density at radius 3 is 2.45 bits per heavy atom. The maximum absolute atomic E-state index is 12.0. The van der Waals surface area contributed by atoms with E-state index in [1.54, 1.807) is 42.6 Å². The summed E-state index contributed by atoms with van der Waals surface area (Å²) >= 11 is 0. The topological polar surface area (TPSA) is 83.0 Å². The zero-order valence-corrected chi connectivity index (χ0v) is 11.4. The van der Waals surface area contributed by atoms with E-state index in [4.69, 9.17) is 15.2 Å². The Balaban J connectivity index is 2.67. The molecule has 106 valence electrons. The van der Waals surface area contributed by atoms with Crippen LogP contribution in [0, 0.1) is 0 Å². The average Bonchev–Trinajstić information content (AvgIpc) is 2.71. The lowest BCUT2D eigenvalue weighted by Gasteiger charge is -2.03. The highest BCUT2D eigenvalue weighted by atomic mass is 16.5. The number of esters is 2. The highest BCUT2D eigenvalue weighted by Crippen LogP contribution is 2.27. The van der Waals surface area contributed by atoms with Gasteiger partial charge in [0.15, 0.2) is 5.69 Å². The number of pyridine rings is 1. The summed E-state index contributed by atoms with van der Waals surface area (Å²) < 4.78 is 11.5. The summed E-state index contributed by atoms with van der Waals surface area (Å²) in [5.74, 6) is -1.12. The fraction of sp³-hybridized carbons (Fsp3) is 0.286. The number of nitrogen functional groups attached to an aromatic ring is 1. The summed E-state index contributed by atoms with van der Waals surface area (Å²) in [6.07, 6.45) is 1.65. The molecule has 2 N–H and O–H groups in total. The summed E-state index contributed by atoms with van der Waals surface area (Å²) in [5.41, 5.74) is 6.89. The lowest BCUT2D eigenvalue weighted by molar-refractivity contribution is 0.0518. The van der Waals surface area contributed by atoms with Gasteiger partial charge < -0.3 is 19.6 Å². The molecule has 0 saturated heterocycles. The largest absolute Gasteiger partial charge is 0.462 e. The minimum Gasteiger partial charge on any atom is -0.462 e. The maximum Gasteiger partial charge on any atom is 0.357 e. The van der Waals surface area contributed by atoms with Gasteiger partial charge in [0.25, 0.3) is 0 Å². The number of fused-ring (bicyclic) bond motifs is 1. The second-order valence-corrected chi connectivity index (χ2v) is 4.03. The third-order valence-electron chi connectivity index (χ3n) is 2.83. The lowest BCUT2D eigenvalue weighted by atomic mass is 10.2. The Labute approximate surface area is 116 Å². The van der Waals surface area contributed by atoms with Gasteiger partial charge in [-0.1, -0.05) is 6.07 Å². The van der Waals surface area contributed by atoms with Crippen molar-refractivity contribution in [1.82, 2.24) is 4.40 Å². The van der Waals surface area contributed by atoms with E-state index in [1.807, 2.05) is 0 Å². The first kappa shape index (κ1) is 13.9. The zero-order valence-electron chi connectivity index (χ0n) is 11.4. The van der Waals surface area contributed by atoms with Crippen LogP contribution in [-0.2, 0) is 9.47 Å². The third kappa shape index (κ3) is 2.20. The minimum atomic E-state index is -0.568. The molecule has 0 bridgehead atoms. The van der Waals surface area contributed by atoms with Crippen molar-refractivity contribution < 1.29 is 19.1 Å². The molecule has 0 spiro atoms. The average molecular weight is 276 g/mol. The Kier molecular flexibility index (Phi) is 3.93. The molecule has 6 heteroatoms. The molecule has 0 aliphatic carbocycles. The van der Waals surface area contributed by atoms with Crippen LogP contribution in [0.25, 0.3) is 5.52 Å². The van der Waals surface area contributed by atoms with Crippen LogP contribution in [0.1, 0.15) is 34.7 Å². The summed E-state index contributed by atoms with van der Waals surface area (Å²) in [4.78, 5) is 24.0. The molecule has 2 aromatic heterocycles. The smallest absolute Gasteiger partial charge is 0.357 e. The van der Waals surface area contributed by atoms with Gasteiger partial charge in [0.1, 0.15) is 5.56 Å². The van der Waals surface area contributed by atoms with Crippen molar-refractivity contribution in [2.75, 3.05) is 18.9 Å². The molecule has 6 nitrogen and oxygen atoms in total. The second-order valence-electron chi connectivity index (χ2n) is 4.03. The van der Waals surface area contributed by atoms with Gasteiger partial charge >= 0.3 is 11.9 Å². The highest BCUT2D eigenvalue weighted by molar-refractivity contribution is 6.09. The molecule has 0 amide bonds. The van der Waals surface area contributed by atoms with Gasteiger partial charge in [0, 0.05) is 6.20 Å². The molecule has 0 saturated carbocycles. The van der Waals surface area contributed by atoms with E-state index in [-0.39, 0.29) is 30.2 Å². The number of hydrogen-bond acceptors (Lipinski definition) is 5. The molecule has 0 unspecified atom stereocenters. The van der Waals surface area contributed by atoms with Crippen LogP contribution in [0.2, 0.25) is 0 Å². The highest BCUT2D eigenvalue weighted by Gasteiger charge is 2.26. The maximum atomic E-state index is 12.0. The van der Waals surface area contributed by atoms with Crippen molar-refractivity contribution in [1.29, 1.82) is 0 Å². The first-order valence-electron chi connectivity index (χ1n) is 6.34. The molecule has 0 aromatic carbocycles. The van der Waals surface area contributed by atoms with Gasteiger partial charge in [0.05, 0.1) is 24.4 Å². The lowest BCUT2D eigenvalue weighted by Crippen LogP contribution is -2.11. The number of nitrogens with zero attached hydrogens (tertiary/aromatic N) is 1. The number of hydrogen-bond donors (Lipinski definition) is 1. The first-order chi connectivity index (χ1) is 9.61. The van der Waals surface area contributed by atoms with Crippen molar-refractivity contribution in [3.8, 4) is 0 Å². The molecule has 2 rings (SSSR count). The monoisotopic (exact) mass is 276 g/mol. The van der Waals surface area contributed by atoms with Crippen LogP contribution in [0.5, 0.6) is 0 Å². The fourth-order valence-electron chi connectivity index (χ4n) is 2.05. The van der Waals surface area contributed by atoms with Gasteiger partial charge in [-0.25, -0.2) is 9.59 Å². The number of rotatable bonds is 4. The molecule has 20 heavy (non-hydrogen) atoms. The number of ether oxygens (including phenoxy) is 2. The molecule has 2 heterocycles. The summed E-state index contributed by atoms with van der Waals surface area (Å²) in [6.45, 7) is 3.87. The van der Waals surface area contributed by atoms with E-state index >= 15 is 0 Å². The number of aromatic nitrogens is 1. The van der Waals surface area contributed by atoms with Crippen LogP contribution < -0.4 is 5.73 Å². The van der Waals surface area contributed by atoms with E-state index in [9.17, 15) is 9.59 Å². The van der Waals surface area contributed by atoms with Gasteiger partial charge in [0.2, 0.25) is 0 Å². The molecule has 0 radical (unpaired) electrons. The van der Waals surface area contributed by atoms with Gasteiger partial charge in [-0.05, 0) is 26.0 Å². The van der Waals surface area contributed by atoms with Crippen molar-refractivity contribution in [3.05, 3.63) is 35.7 Å². The summed E-state index contributed by atoms with van der Waals surface area (Å²) in [6, 6.07) is 5.20. The van der Waals surface area contributed by atoms with Crippen LogP contribution in [0.15, 0.2) is 24.4 Å². The molecule has 0 atom stereocenters. The minimum absolute atomic E-state index is 0.0769. The molecular formula is C14H16N2O4. The zero-order chi connectivity index (χ0) is 14.7. The molecule has 0 aliphatic heterocycles. The number of anilines is 1. The van der Waals surface area contributed by atoms with Crippen molar-refractivity contribution in [2.45, 2.75) is 13.8 Å². The van der Waals surface area contributed by atoms with E-state index in [0.717, 1.165) is 0 Å². The van der Waals surface area contributed by atoms with Crippen LogP contribution >= 0.6 is 0 Å². The van der Waals surface area contributed by atoms with Crippen molar-refractivity contribution in [3.63, 3.8) is 0 Å². The van der Waals surface area contributed by atoms with Gasteiger partial charge in [-0.15, -0.1) is 0 Å². The third-order valence-corrected chi connectivity index (χ3v) is 2.83. The fourth-order valence-corrected chi connectivity index (χ4v) is 2.05. The Morgan fingerprint density at radius 1 is 1.15 bits per heavy atom. The SMILES string of the molecule is CCOC(=O)c1c(N)c(C(=O)OCC)n2ccccc12. The number of carbonyl (C=O) groups is 2. The van der Waals surface area contributed by atoms with E-state index in [0.29, 0.717) is 5.52 Å². The van der Waals surface area contributed by atoms with Crippen molar-refractivity contribution >= 4 is 23.1 Å². The second kappa shape index (κ2) is 5.64. The predicted molar refractivity (Wildman–Crippen MR) is 73.7 cm³/mol. The van der Waals surface area contributed by atoms with E-state index in [1.165, 1.54) is 0 Å². The number of nitrogens with two attached hydrogens (primary N) is 1. The van der Waals surface area contributed by atoms with Crippen LogP contribution in [0.3, 0.4) is 0 Å². The summed E-state index contributed by atoms with van der Waals surface area (Å²) in [7, 11) is 0. The quantitative estimate of drug-likeness (QED) is 0.862. The Hall–Kier alpha value is -2.50. The number of carbonyl (C=O) groups excluding carboxylic acids is 2. The normalized spacial score (nSPS) is 10.5. The first-order valence-corrected chi connectivity index (χ1v) is 6.34. The molecular weight excluding hydrogens is 260 g/mol. The van der Waals surface area contributed by atoms with Crippen LogP contribution in [0.4, 0.5) is 5.69 Å². The van der Waals surface area contributed by atoms with Crippen LogP contribution in [-0.4, -0.2) is 29.6 Å². The Bertz CT molecular complexity index is 605. The predicted octanol–water partition coefficient (Wildman–Crippen LogP) is 1.87. The molecule has 2 aromatic rings. The van der Waals surface area contributed by atoms with Crippen molar-refractivity contribution in [2.24, 2.45) is 0 Å². The molecule has 0 aliphatic rings.